The molecule has 0 aromatic carbocycles. The Bertz CT molecular complexity index is 681. The Balaban J connectivity index is 1.61. The first kappa shape index (κ1) is 17.3. The minimum absolute atomic E-state index is 0.0206. The summed E-state index contributed by atoms with van der Waals surface area (Å²) in [5, 5.41) is 5.84. The fourth-order valence-corrected chi connectivity index (χ4v) is 3.05. The molecule has 7 nitrogen and oxygen atoms in total. The zero-order valence-corrected chi connectivity index (χ0v) is 14.7. The fraction of sp³-hybridized carbons (Fsp3) is 0.444. The number of carbonyl (C=O) groups is 1. The van der Waals surface area contributed by atoms with Gasteiger partial charge in [0, 0.05) is 25.8 Å². The summed E-state index contributed by atoms with van der Waals surface area (Å²) < 4.78 is 5.46. The molecular formula is C18H25N5O2. The summed E-state index contributed by atoms with van der Waals surface area (Å²) in [5.74, 6) is 1.66. The van der Waals surface area contributed by atoms with Crippen LogP contribution in [-0.2, 0) is 0 Å². The SMILES string of the molecule is CN(C)[C@H](CNC(=O)Nc1cccnc1N1CCCC1)c1ccco1. The van der Waals surface area contributed by atoms with E-state index in [1.165, 1.54) is 0 Å². The number of hydrogen-bond donors (Lipinski definition) is 2. The molecule has 0 radical (unpaired) electrons. The number of amides is 2. The second-order valence-electron chi connectivity index (χ2n) is 6.40. The molecule has 0 unspecified atom stereocenters. The van der Waals surface area contributed by atoms with E-state index in [9.17, 15) is 4.79 Å². The van der Waals surface area contributed by atoms with Crippen molar-refractivity contribution in [3.05, 3.63) is 42.5 Å². The molecule has 3 rings (SSSR count). The van der Waals surface area contributed by atoms with E-state index >= 15 is 0 Å². The summed E-state index contributed by atoms with van der Waals surface area (Å²) in [4.78, 5) is 21.0. The van der Waals surface area contributed by atoms with E-state index in [1.54, 1.807) is 12.5 Å². The first-order valence-corrected chi connectivity index (χ1v) is 8.60. The van der Waals surface area contributed by atoms with Gasteiger partial charge in [0.15, 0.2) is 5.82 Å². The highest BCUT2D eigenvalue weighted by molar-refractivity contribution is 5.92. The van der Waals surface area contributed by atoms with E-state index in [0.717, 1.165) is 43.2 Å². The lowest BCUT2D eigenvalue weighted by Gasteiger charge is -2.23. The number of urea groups is 1. The van der Waals surface area contributed by atoms with Crippen molar-refractivity contribution < 1.29 is 9.21 Å². The Kier molecular flexibility index (Phi) is 5.55. The number of nitrogens with one attached hydrogen (secondary N) is 2. The van der Waals surface area contributed by atoms with E-state index in [-0.39, 0.29) is 12.1 Å². The van der Waals surface area contributed by atoms with Crippen molar-refractivity contribution in [2.75, 3.05) is 43.9 Å². The van der Waals surface area contributed by atoms with Crippen molar-refractivity contribution in [2.45, 2.75) is 18.9 Å². The minimum atomic E-state index is -0.244. The van der Waals surface area contributed by atoms with Crippen LogP contribution in [0.3, 0.4) is 0 Å². The molecule has 1 aliphatic rings. The molecule has 1 atom stereocenters. The average Bonchev–Trinajstić information content (AvgIpc) is 3.29. The van der Waals surface area contributed by atoms with Crippen LogP contribution in [0.25, 0.3) is 0 Å². The van der Waals surface area contributed by atoms with Crippen LogP contribution in [0.5, 0.6) is 0 Å². The highest BCUT2D eigenvalue weighted by Gasteiger charge is 2.20. The van der Waals surface area contributed by atoms with Gasteiger partial charge in [-0.1, -0.05) is 0 Å². The molecule has 2 aromatic heterocycles. The number of hydrogen-bond acceptors (Lipinski definition) is 5. The minimum Gasteiger partial charge on any atom is -0.468 e. The Hall–Kier alpha value is -2.54. The second kappa shape index (κ2) is 8.02. The van der Waals surface area contributed by atoms with Crippen LogP contribution in [0.15, 0.2) is 41.1 Å². The van der Waals surface area contributed by atoms with Gasteiger partial charge in [-0.05, 0) is 51.2 Å². The number of furan rings is 1. The summed E-state index contributed by atoms with van der Waals surface area (Å²) in [6.45, 7) is 2.41. The van der Waals surface area contributed by atoms with E-state index in [0.29, 0.717) is 6.54 Å². The van der Waals surface area contributed by atoms with Crippen LogP contribution >= 0.6 is 0 Å². The molecule has 0 saturated carbocycles. The van der Waals surface area contributed by atoms with Crippen molar-refractivity contribution in [1.82, 2.24) is 15.2 Å². The third-order valence-corrected chi connectivity index (χ3v) is 4.39. The maximum absolute atomic E-state index is 12.4. The summed E-state index contributed by atoms with van der Waals surface area (Å²) >= 11 is 0. The van der Waals surface area contributed by atoms with Crippen LogP contribution in [0, 0.1) is 0 Å². The van der Waals surface area contributed by atoms with Gasteiger partial charge in [0.05, 0.1) is 18.0 Å². The molecule has 7 heteroatoms. The lowest BCUT2D eigenvalue weighted by Crippen LogP contribution is -2.37. The van der Waals surface area contributed by atoms with Crippen LogP contribution in [0.1, 0.15) is 24.6 Å². The normalized spacial score (nSPS) is 15.4. The number of likely N-dealkylation sites (N-methyl/N-ethyl adjacent to an activating group) is 1. The van der Waals surface area contributed by atoms with Gasteiger partial charge in [0.25, 0.3) is 0 Å². The quantitative estimate of drug-likeness (QED) is 0.844. The molecule has 0 spiro atoms. The summed E-state index contributed by atoms with van der Waals surface area (Å²) in [6, 6.07) is 7.22. The molecule has 1 saturated heterocycles. The molecule has 2 amide bonds. The van der Waals surface area contributed by atoms with E-state index in [2.05, 4.69) is 20.5 Å². The second-order valence-corrected chi connectivity index (χ2v) is 6.40. The molecule has 134 valence electrons. The maximum Gasteiger partial charge on any atom is 0.319 e. The number of carbonyl (C=O) groups excluding carboxylic acids is 1. The highest BCUT2D eigenvalue weighted by Crippen LogP contribution is 2.26. The Morgan fingerprint density at radius 1 is 1.32 bits per heavy atom. The lowest BCUT2D eigenvalue weighted by molar-refractivity contribution is 0.233. The van der Waals surface area contributed by atoms with E-state index in [4.69, 9.17) is 4.42 Å². The lowest BCUT2D eigenvalue weighted by atomic mass is 10.2. The number of aromatic nitrogens is 1. The number of nitrogens with zero attached hydrogens (tertiary/aromatic N) is 3. The monoisotopic (exact) mass is 343 g/mol. The van der Waals surface area contributed by atoms with E-state index in [1.807, 2.05) is 43.3 Å². The van der Waals surface area contributed by atoms with Gasteiger partial charge in [-0.25, -0.2) is 9.78 Å². The average molecular weight is 343 g/mol. The van der Waals surface area contributed by atoms with Crippen molar-refractivity contribution in [1.29, 1.82) is 0 Å². The summed E-state index contributed by atoms with van der Waals surface area (Å²) in [7, 11) is 3.92. The third-order valence-electron chi connectivity index (χ3n) is 4.39. The number of anilines is 2. The number of pyridine rings is 1. The van der Waals surface area contributed by atoms with Gasteiger partial charge in [0.1, 0.15) is 5.76 Å². The largest absolute Gasteiger partial charge is 0.468 e. The van der Waals surface area contributed by atoms with Crippen molar-refractivity contribution in [2.24, 2.45) is 0 Å². The molecule has 2 N–H and O–H groups in total. The van der Waals surface area contributed by atoms with Crippen LogP contribution < -0.4 is 15.5 Å². The number of rotatable bonds is 6. The third kappa shape index (κ3) is 4.30. The van der Waals surface area contributed by atoms with Gasteiger partial charge in [-0.3, -0.25) is 4.90 Å². The Morgan fingerprint density at radius 2 is 2.12 bits per heavy atom. The zero-order chi connectivity index (χ0) is 17.6. The van der Waals surface area contributed by atoms with Crippen molar-refractivity contribution >= 4 is 17.5 Å². The van der Waals surface area contributed by atoms with Crippen LogP contribution in [0.4, 0.5) is 16.3 Å². The van der Waals surface area contributed by atoms with Gasteiger partial charge < -0.3 is 20.0 Å². The summed E-state index contributed by atoms with van der Waals surface area (Å²) in [6.07, 6.45) is 5.73. The van der Waals surface area contributed by atoms with Gasteiger partial charge in [0.2, 0.25) is 0 Å². The molecule has 0 bridgehead atoms. The molecule has 1 fully saturated rings. The van der Waals surface area contributed by atoms with Crippen LogP contribution in [0.2, 0.25) is 0 Å². The molecule has 3 heterocycles. The predicted octanol–water partition coefficient (Wildman–Crippen LogP) is 2.70. The fourth-order valence-electron chi connectivity index (χ4n) is 3.05. The van der Waals surface area contributed by atoms with Crippen LogP contribution in [-0.4, -0.2) is 49.6 Å². The molecule has 25 heavy (non-hydrogen) atoms. The zero-order valence-electron chi connectivity index (χ0n) is 14.7. The Labute approximate surface area is 148 Å². The predicted molar refractivity (Wildman–Crippen MR) is 97.8 cm³/mol. The summed E-state index contributed by atoms with van der Waals surface area (Å²) in [5.41, 5.74) is 0.737. The topological polar surface area (TPSA) is 73.6 Å². The molecule has 1 aliphatic heterocycles. The molecular weight excluding hydrogens is 318 g/mol. The first-order valence-electron chi connectivity index (χ1n) is 8.60. The molecule has 0 aliphatic carbocycles. The van der Waals surface area contributed by atoms with Crippen molar-refractivity contribution in [3.63, 3.8) is 0 Å². The van der Waals surface area contributed by atoms with Crippen molar-refractivity contribution in [3.8, 4) is 0 Å². The van der Waals surface area contributed by atoms with Gasteiger partial charge in [-0.15, -0.1) is 0 Å². The molecule has 2 aromatic rings. The highest BCUT2D eigenvalue weighted by atomic mass is 16.3. The first-order chi connectivity index (χ1) is 12.1. The standard InChI is InChI=1S/C18H25N5O2/c1-22(2)15(16-8-6-12-25-16)13-20-18(24)21-14-7-5-9-19-17(14)23-10-3-4-11-23/h5-9,12,15H,3-4,10-11,13H2,1-2H3,(H2,20,21,24)/t15-/m1/s1. The van der Waals surface area contributed by atoms with Gasteiger partial charge >= 0.3 is 6.03 Å². The maximum atomic E-state index is 12.4. The Morgan fingerprint density at radius 3 is 2.80 bits per heavy atom. The smallest absolute Gasteiger partial charge is 0.319 e. The van der Waals surface area contributed by atoms with Gasteiger partial charge in [-0.2, -0.15) is 0 Å². The van der Waals surface area contributed by atoms with E-state index < -0.39 is 0 Å².